The number of rotatable bonds is 16. The number of ether oxygens (including phenoxy) is 4. The van der Waals surface area contributed by atoms with Crippen LogP contribution in [0.25, 0.3) is 10.1 Å². The predicted molar refractivity (Wildman–Crippen MR) is 268 cm³/mol. The fourth-order valence-electron chi connectivity index (χ4n) is 8.36. The summed E-state index contributed by atoms with van der Waals surface area (Å²) in [5, 5.41) is 12.8. The molecular weight excluding hydrogens is 955 g/mol. The number of oxime groups is 1. The van der Waals surface area contributed by atoms with E-state index in [1.807, 2.05) is 54.6 Å². The fraction of sp³-hybridized carbons (Fsp3) is 0.176. The van der Waals surface area contributed by atoms with E-state index in [0.717, 1.165) is 27.0 Å². The third kappa shape index (κ3) is 9.03. The molecule has 0 bridgehead atoms. The summed E-state index contributed by atoms with van der Waals surface area (Å²) in [6.07, 6.45) is 0. The number of amides is 2. The zero-order valence-electron chi connectivity index (χ0n) is 36.9. The second-order valence-corrected chi connectivity index (χ2v) is 20.1. The van der Waals surface area contributed by atoms with Crippen LogP contribution in [0.2, 0.25) is 0 Å². The topological polar surface area (TPSA) is 167 Å². The minimum Gasteiger partial charge on any atom is -0.497 e. The van der Waals surface area contributed by atoms with Crippen LogP contribution in [0.5, 0.6) is 17.2 Å². The zero-order chi connectivity index (χ0) is 47.5. The number of aromatic nitrogens is 1. The normalized spacial score (nSPS) is 16.4. The highest BCUT2D eigenvalue weighted by Gasteiger charge is 2.55. The highest BCUT2D eigenvalue weighted by molar-refractivity contribution is 8.02. The summed E-state index contributed by atoms with van der Waals surface area (Å²) in [5.74, 6) is 0.500. The third-order valence-corrected chi connectivity index (χ3v) is 16.2. The number of thiazole rings is 1. The third-order valence-electron chi connectivity index (χ3n) is 11.7. The van der Waals surface area contributed by atoms with Crippen molar-refractivity contribution in [3.8, 4) is 17.2 Å². The number of methoxy groups -OCH3 is 1. The Morgan fingerprint density at radius 3 is 2.16 bits per heavy atom. The molecule has 7 aromatic rings. The molecule has 3 aliphatic heterocycles. The minimum absolute atomic E-state index is 0.0559. The van der Waals surface area contributed by atoms with E-state index in [1.165, 1.54) is 58.2 Å². The van der Waals surface area contributed by atoms with Gasteiger partial charge in [0.05, 0.1) is 11.3 Å². The van der Waals surface area contributed by atoms with E-state index in [9.17, 15) is 19.2 Å². The number of carbonyl (C=O) groups is 3. The standard InChI is InChI=1S/C51H41N5O9S4/c1-61-35-20-18-30(19-21-35)25-63-49(60)45-31(26-66-42-23-38(57)36-22-39-40(65-29-64-39)24-41(36)69-42)27-67-48-44(47(59)56(45)48)53-46(58)43(55-62-2)37-28-68-50(52-37)54-51(32-12-6-3-7-13-32,33-14-8-4-9-15-33)34-16-10-5-11-17-34/h3-24,28,44,48H,25-27,29H2,1-2H3,(H,52,54)(H,53,58)/b55-43-/t44?,48-/m0/s1. The number of nitrogens with zero attached hydrogens (tertiary/aromatic N) is 3. The molecule has 1 unspecified atom stereocenters. The van der Waals surface area contributed by atoms with E-state index in [2.05, 4.69) is 52.2 Å². The van der Waals surface area contributed by atoms with Gasteiger partial charge in [-0.3, -0.25) is 19.3 Å². The maximum Gasteiger partial charge on any atom is 0.355 e. The molecule has 69 heavy (non-hydrogen) atoms. The quantitative estimate of drug-likeness (QED) is 0.0237. The summed E-state index contributed by atoms with van der Waals surface area (Å²) in [6, 6.07) is 41.4. The molecule has 348 valence electrons. The van der Waals surface area contributed by atoms with E-state index >= 15 is 0 Å². The van der Waals surface area contributed by atoms with Gasteiger partial charge in [-0.1, -0.05) is 108 Å². The van der Waals surface area contributed by atoms with Crippen molar-refractivity contribution in [1.82, 2.24) is 15.2 Å². The molecule has 18 heteroatoms. The van der Waals surface area contributed by atoms with Crippen molar-refractivity contribution in [1.29, 1.82) is 0 Å². The van der Waals surface area contributed by atoms with Gasteiger partial charge in [0.15, 0.2) is 27.8 Å². The van der Waals surface area contributed by atoms with Crippen molar-refractivity contribution in [2.45, 2.75) is 27.8 Å². The number of fused-ring (bicyclic) bond motifs is 3. The number of β-lactam (4-membered cyclic amide) rings is 1. The SMILES string of the molecule is CO/N=C(\C(=O)NC1C(=O)N2C(C(=O)OCc3ccc(OC)cc3)=C(CSc3cc(=O)c4cc5c(cc4s3)OCO5)CS[C@@H]12)c1csc(NC(c2ccccc2)(c2ccccc2)c2ccccc2)n1. The second kappa shape index (κ2) is 19.8. The average Bonchev–Trinajstić information content (AvgIpc) is 4.07. The van der Waals surface area contributed by atoms with E-state index < -0.39 is 34.7 Å². The van der Waals surface area contributed by atoms with Crippen molar-refractivity contribution in [3.05, 3.63) is 188 Å². The molecule has 5 aromatic carbocycles. The Morgan fingerprint density at radius 1 is 0.870 bits per heavy atom. The van der Waals surface area contributed by atoms with Gasteiger partial charge in [0.25, 0.3) is 11.8 Å². The molecule has 2 aromatic heterocycles. The van der Waals surface area contributed by atoms with Crippen molar-refractivity contribution < 1.29 is 38.2 Å². The maximum atomic E-state index is 14.3. The Bertz CT molecular complexity index is 3090. The molecule has 0 aliphatic carbocycles. The Hall–Kier alpha value is -7.12. The van der Waals surface area contributed by atoms with Crippen LogP contribution in [0, 0.1) is 0 Å². The first-order chi connectivity index (χ1) is 33.7. The Balaban J connectivity index is 0.898. The number of anilines is 1. The van der Waals surface area contributed by atoms with Gasteiger partial charge >= 0.3 is 5.97 Å². The molecule has 3 aliphatic rings. The highest BCUT2D eigenvalue weighted by Crippen LogP contribution is 2.44. The van der Waals surface area contributed by atoms with Gasteiger partial charge in [0.1, 0.15) is 47.8 Å². The lowest BCUT2D eigenvalue weighted by Gasteiger charge is -2.49. The molecule has 10 rings (SSSR count). The van der Waals surface area contributed by atoms with Gasteiger partial charge in [-0.2, -0.15) is 0 Å². The lowest BCUT2D eigenvalue weighted by Crippen LogP contribution is -2.71. The van der Waals surface area contributed by atoms with Crippen LogP contribution in [0.15, 0.2) is 164 Å². The van der Waals surface area contributed by atoms with Crippen LogP contribution in [-0.4, -0.2) is 77.3 Å². The van der Waals surface area contributed by atoms with Gasteiger partial charge in [0.2, 0.25) is 6.79 Å². The molecule has 0 saturated carbocycles. The molecule has 5 heterocycles. The summed E-state index contributed by atoms with van der Waals surface area (Å²) in [4.78, 5) is 67.3. The lowest BCUT2D eigenvalue weighted by molar-refractivity contribution is -0.153. The highest BCUT2D eigenvalue weighted by atomic mass is 32.2. The average molecular weight is 996 g/mol. The Kier molecular flexibility index (Phi) is 13.1. The number of benzene rings is 5. The van der Waals surface area contributed by atoms with Gasteiger partial charge in [-0.15, -0.1) is 46.2 Å². The van der Waals surface area contributed by atoms with Crippen molar-refractivity contribution in [2.24, 2.45) is 5.16 Å². The van der Waals surface area contributed by atoms with Crippen molar-refractivity contribution in [2.75, 3.05) is 37.8 Å². The van der Waals surface area contributed by atoms with Crippen LogP contribution in [0.4, 0.5) is 5.13 Å². The summed E-state index contributed by atoms with van der Waals surface area (Å²) < 4.78 is 23.6. The largest absolute Gasteiger partial charge is 0.497 e. The van der Waals surface area contributed by atoms with E-state index in [1.54, 1.807) is 55.0 Å². The second-order valence-electron chi connectivity index (χ2n) is 15.8. The smallest absolute Gasteiger partial charge is 0.355 e. The molecule has 2 atom stereocenters. The molecule has 2 amide bonds. The maximum absolute atomic E-state index is 14.3. The summed E-state index contributed by atoms with van der Waals surface area (Å²) >= 11 is 5.50. The van der Waals surface area contributed by atoms with Gasteiger partial charge in [0, 0.05) is 39.1 Å². The molecule has 0 spiro atoms. The summed E-state index contributed by atoms with van der Waals surface area (Å²) in [7, 11) is 2.90. The first-order valence-corrected chi connectivity index (χ1v) is 25.3. The lowest BCUT2D eigenvalue weighted by atomic mass is 9.77. The first kappa shape index (κ1) is 45.7. The van der Waals surface area contributed by atoms with E-state index in [4.69, 9.17) is 28.8 Å². The molecule has 1 saturated heterocycles. The monoisotopic (exact) mass is 995 g/mol. The first-order valence-electron chi connectivity index (χ1n) is 21.5. The van der Waals surface area contributed by atoms with Crippen LogP contribution in [0.1, 0.15) is 27.9 Å². The van der Waals surface area contributed by atoms with Gasteiger partial charge in [-0.05, 0) is 46.0 Å². The Labute approximate surface area is 412 Å². The summed E-state index contributed by atoms with van der Waals surface area (Å²) in [6.45, 7) is 0.0309. The molecule has 14 nitrogen and oxygen atoms in total. The van der Waals surface area contributed by atoms with Crippen molar-refractivity contribution in [3.63, 3.8) is 0 Å². The molecular formula is C51H41N5O9S4. The number of nitrogens with one attached hydrogen (secondary N) is 2. The number of thioether (sulfide) groups is 2. The fourth-order valence-corrected chi connectivity index (χ4v) is 12.8. The molecule has 2 N–H and O–H groups in total. The van der Waals surface area contributed by atoms with Crippen LogP contribution in [0.3, 0.4) is 0 Å². The number of hydrogen-bond acceptors (Lipinski definition) is 16. The van der Waals surface area contributed by atoms with E-state index in [0.29, 0.717) is 43.3 Å². The number of hydrogen-bond donors (Lipinski definition) is 2. The summed E-state index contributed by atoms with van der Waals surface area (Å²) in [5.41, 5.74) is 3.43. The van der Waals surface area contributed by atoms with Crippen LogP contribution in [-0.2, 0) is 36.1 Å². The zero-order valence-corrected chi connectivity index (χ0v) is 40.2. The van der Waals surface area contributed by atoms with E-state index in [-0.39, 0.29) is 41.7 Å². The van der Waals surface area contributed by atoms with Gasteiger partial charge < -0.3 is 34.4 Å². The van der Waals surface area contributed by atoms with Gasteiger partial charge in [-0.25, -0.2) is 9.78 Å². The van der Waals surface area contributed by atoms with Crippen LogP contribution >= 0.6 is 46.2 Å². The number of esters is 1. The van der Waals surface area contributed by atoms with Crippen LogP contribution < -0.4 is 30.3 Å². The predicted octanol–water partition coefficient (Wildman–Crippen LogP) is 8.40. The minimum atomic E-state index is -1.01. The molecule has 0 radical (unpaired) electrons. The molecule has 1 fully saturated rings. The van der Waals surface area contributed by atoms with Crippen molar-refractivity contribution >= 4 is 84.9 Å². The number of carbonyl (C=O) groups excluding carboxylic acids is 3. The Morgan fingerprint density at radius 2 is 1.52 bits per heavy atom.